The van der Waals surface area contributed by atoms with Crippen molar-refractivity contribution >= 4 is 15.7 Å². The Bertz CT molecular complexity index is 884. The summed E-state index contributed by atoms with van der Waals surface area (Å²) in [7, 11) is -3.73. The maximum absolute atomic E-state index is 12.4. The first-order chi connectivity index (χ1) is 11.7. The van der Waals surface area contributed by atoms with Gasteiger partial charge in [0, 0.05) is 23.5 Å². The Morgan fingerprint density at radius 3 is 2.08 bits per heavy atom. The summed E-state index contributed by atoms with van der Waals surface area (Å²) < 4.78 is 24.7. The van der Waals surface area contributed by atoms with E-state index in [1.54, 1.807) is 36.7 Å². The summed E-state index contributed by atoms with van der Waals surface area (Å²) in [6, 6.07) is 21.1. The molecule has 0 aliphatic carbocycles. The summed E-state index contributed by atoms with van der Waals surface area (Å²) in [5.41, 5.74) is 2.02. The molecule has 1 heterocycles. The summed E-state index contributed by atoms with van der Waals surface area (Å²) in [6.45, 7) is 0. The molecular formula is C18H15N3O2S. The van der Waals surface area contributed by atoms with Gasteiger partial charge in [0.1, 0.15) is 5.71 Å². The van der Waals surface area contributed by atoms with Gasteiger partial charge in [0.25, 0.3) is 10.0 Å². The van der Waals surface area contributed by atoms with Crippen LogP contribution in [-0.4, -0.2) is 19.1 Å². The first-order valence-corrected chi connectivity index (χ1v) is 8.75. The van der Waals surface area contributed by atoms with Crippen molar-refractivity contribution in [2.75, 3.05) is 0 Å². The van der Waals surface area contributed by atoms with Crippen LogP contribution in [0.4, 0.5) is 0 Å². The van der Waals surface area contributed by atoms with Gasteiger partial charge < -0.3 is 0 Å². The van der Waals surface area contributed by atoms with E-state index in [1.807, 2.05) is 36.4 Å². The molecule has 0 saturated heterocycles. The lowest BCUT2D eigenvalue weighted by Gasteiger charge is -2.08. The minimum absolute atomic E-state index is 0.160. The van der Waals surface area contributed by atoms with Crippen molar-refractivity contribution in [1.29, 1.82) is 0 Å². The van der Waals surface area contributed by atoms with Crippen molar-refractivity contribution in [2.24, 2.45) is 5.10 Å². The SMILES string of the molecule is O=S(=O)(NN=C(c1ccccc1)c1cccnc1)c1ccccc1. The molecule has 1 N–H and O–H groups in total. The molecule has 0 amide bonds. The molecule has 0 aliphatic rings. The third-order valence-electron chi connectivity index (χ3n) is 3.31. The molecule has 5 nitrogen and oxygen atoms in total. The molecule has 0 spiro atoms. The minimum atomic E-state index is -3.73. The standard InChI is InChI=1S/C18H15N3O2S/c22-24(23,17-11-5-2-6-12-17)21-20-18(15-8-3-1-4-9-15)16-10-7-13-19-14-16/h1-14,21H. The number of nitrogens with zero attached hydrogens (tertiary/aromatic N) is 2. The molecule has 0 unspecified atom stereocenters. The highest BCUT2D eigenvalue weighted by Gasteiger charge is 2.14. The van der Waals surface area contributed by atoms with E-state index in [-0.39, 0.29) is 4.90 Å². The average molecular weight is 337 g/mol. The topological polar surface area (TPSA) is 71.4 Å². The van der Waals surface area contributed by atoms with E-state index in [9.17, 15) is 8.42 Å². The maximum atomic E-state index is 12.4. The lowest BCUT2D eigenvalue weighted by Crippen LogP contribution is -2.21. The summed E-state index contributed by atoms with van der Waals surface area (Å²) in [5, 5.41) is 4.15. The number of hydrazone groups is 1. The number of sulfonamides is 1. The number of hydrogen-bond donors (Lipinski definition) is 1. The van der Waals surface area contributed by atoms with Gasteiger partial charge in [-0.1, -0.05) is 48.5 Å². The fourth-order valence-corrected chi connectivity index (χ4v) is 2.99. The van der Waals surface area contributed by atoms with E-state index >= 15 is 0 Å². The maximum Gasteiger partial charge on any atom is 0.276 e. The van der Waals surface area contributed by atoms with E-state index in [2.05, 4.69) is 14.9 Å². The molecule has 6 heteroatoms. The molecule has 0 saturated carbocycles. The second-order valence-corrected chi connectivity index (χ2v) is 6.64. The number of pyridine rings is 1. The Kier molecular flexibility index (Phi) is 4.67. The number of benzene rings is 2. The molecular weight excluding hydrogens is 322 g/mol. The van der Waals surface area contributed by atoms with Gasteiger partial charge in [-0.05, 0) is 24.3 Å². The van der Waals surface area contributed by atoms with Crippen LogP contribution < -0.4 is 4.83 Å². The highest BCUT2D eigenvalue weighted by Crippen LogP contribution is 2.11. The quantitative estimate of drug-likeness (QED) is 0.575. The normalized spacial score (nSPS) is 11.9. The lowest BCUT2D eigenvalue weighted by atomic mass is 10.0. The van der Waals surface area contributed by atoms with Crippen molar-refractivity contribution in [1.82, 2.24) is 9.82 Å². The van der Waals surface area contributed by atoms with Crippen LogP contribution in [0.5, 0.6) is 0 Å². The van der Waals surface area contributed by atoms with Gasteiger partial charge >= 0.3 is 0 Å². The largest absolute Gasteiger partial charge is 0.276 e. The van der Waals surface area contributed by atoms with Crippen LogP contribution in [-0.2, 0) is 10.0 Å². The van der Waals surface area contributed by atoms with E-state index in [4.69, 9.17) is 0 Å². The zero-order valence-electron chi connectivity index (χ0n) is 12.7. The molecule has 2 aromatic carbocycles. The predicted molar refractivity (Wildman–Crippen MR) is 93.1 cm³/mol. The minimum Gasteiger partial charge on any atom is -0.264 e. The van der Waals surface area contributed by atoms with Crippen molar-refractivity contribution in [3.8, 4) is 0 Å². The van der Waals surface area contributed by atoms with Gasteiger partial charge in [-0.2, -0.15) is 18.4 Å². The van der Waals surface area contributed by atoms with Gasteiger partial charge in [-0.25, -0.2) is 0 Å². The zero-order chi connectivity index (χ0) is 16.8. The second kappa shape index (κ2) is 7.06. The van der Waals surface area contributed by atoms with Crippen LogP contribution >= 0.6 is 0 Å². The molecule has 0 atom stereocenters. The summed E-state index contributed by atoms with van der Waals surface area (Å²) in [5.74, 6) is 0. The third-order valence-corrected chi connectivity index (χ3v) is 4.54. The predicted octanol–water partition coefficient (Wildman–Crippen LogP) is 2.81. The van der Waals surface area contributed by atoms with Gasteiger partial charge in [0.2, 0.25) is 0 Å². The van der Waals surface area contributed by atoms with Crippen molar-refractivity contribution in [3.63, 3.8) is 0 Å². The first kappa shape index (κ1) is 15.9. The van der Waals surface area contributed by atoms with E-state index < -0.39 is 10.0 Å². The van der Waals surface area contributed by atoms with E-state index in [1.165, 1.54) is 12.1 Å². The average Bonchev–Trinajstić information content (AvgIpc) is 2.64. The summed E-state index contributed by atoms with van der Waals surface area (Å²) in [4.78, 5) is 6.54. The number of nitrogens with one attached hydrogen (secondary N) is 1. The molecule has 3 aromatic rings. The number of hydrogen-bond acceptors (Lipinski definition) is 4. The van der Waals surface area contributed by atoms with Crippen molar-refractivity contribution in [2.45, 2.75) is 4.90 Å². The van der Waals surface area contributed by atoms with Gasteiger partial charge in [0.15, 0.2) is 0 Å². The molecule has 0 bridgehead atoms. The van der Waals surface area contributed by atoms with Crippen LogP contribution in [0.15, 0.2) is 95.2 Å². The van der Waals surface area contributed by atoms with Crippen LogP contribution in [0.2, 0.25) is 0 Å². The lowest BCUT2D eigenvalue weighted by molar-refractivity contribution is 0.584. The van der Waals surface area contributed by atoms with Crippen LogP contribution in [0, 0.1) is 0 Å². The highest BCUT2D eigenvalue weighted by molar-refractivity contribution is 7.89. The van der Waals surface area contributed by atoms with E-state index in [0.717, 1.165) is 11.1 Å². The fourth-order valence-electron chi connectivity index (χ4n) is 2.15. The fraction of sp³-hybridized carbons (Fsp3) is 0. The molecule has 0 fully saturated rings. The Labute approximate surface area is 140 Å². The monoisotopic (exact) mass is 337 g/mol. The first-order valence-electron chi connectivity index (χ1n) is 7.27. The Balaban J connectivity index is 1.99. The molecule has 1 aromatic heterocycles. The number of rotatable bonds is 5. The molecule has 24 heavy (non-hydrogen) atoms. The van der Waals surface area contributed by atoms with Crippen LogP contribution in [0.1, 0.15) is 11.1 Å². The van der Waals surface area contributed by atoms with Crippen molar-refractivity contribution in [3.05, 3.63) is 96.3 Å². The third kappa shape index (κ3) is 3.67. The molecule has 3 rings (SSSR count). The Morgan fingerprint density at radius 1 is 0.833 bits per heavy atom. The van der Waals surface area contributed by atoms with Gasteiger partial charge in [-0.15, -0.1) is 0 Å². The number of aromatic nitrogens is 1. The second-order valence-electron chi connectivity index (χ2n) is 4.98. The highest BCUT2D eigenvalue weighted by atomic mass is 32.2. The molecule has 0 radical (unpaired) electrons. The Morgan fingerprint density at radius 2 is 1.46 bits per heavy atom. The van der Waals surface area contributed by atoms with Crippen LogP contribution in [0.3, 0.4) is 0 Å². The van der Waals surface area contributed by atoms with Crippen molar-refractivity contribution < 1.29 is 8.42 Å². The summed E-state index contributed by atoms with van der Waals surface area (Å²) >= 11 is 0. The summed E-state index contributed by atoms with van der Waals surface area (Å²) in [6.07, 6.45) is 3.29. The zero-order valence-corrected chi connectivity index (χ0v) is 13.5. The van der Waals surface area contributed by atoms with Gasteiger partial charge in [-0.3, -0.25) is 4.98 Å². The smallest absolute Gasteiger partial charge is 0.264 e. The van der Waals surface area contributed by atoms with E-state index in [0.29, 0.717) is 5.71 Å². The molecule has 120 valence electrons. The Hall–Kier alpha value is -2.99. The molecule has 0 aliphatic heterocycles. The van der Waals surface area contributed by atoms with Gasteiger partial charge in [0.05, 0.1) is 4.90 Å². The van der Waals surface area contributed by atoms with Crippen LogP contribution in [0.25, 0.3) is 0 Å².